The van der Waals surface area contributed by atoms with Crippen LogP contribution in [0.2, 0.25) is 10.0 Å². The minimum Gasteiger partial charge on any atom is -0.369 e. The van der Waals surface area contributed by atoms with E-state index in [1.807, 2.05) is 0 Å². The molecular weight excluding hydrogens is 560 g/mol. The molecule has 2 aliphatic rings. The zero-order valence-electron chi connectivity index (χ0n) is 18.2. The average molecular weight is 579 g/mol. The molecule has 10 heteroatoms. The van der Waals surface area contributed by atoms with Crippen LogP contribution in [0.15, 0.2) is 59.2 Å². The number of hydrogen-bond acceptors (Lipinski definition) is 4. The van der Waals surface area contributed by atoms with Crippen molar-refractivity contribution >= 4 is 50.9 Å². The molecule has 1 saturated carbocycles. The lowest BCUT2D eigenvalue weighted by molar-refractivity contribution is -0.142. The Morgan fingerprint density at radius 1 is 1.14 bits per heavy atom. The van der Waals surface area contributed by atoms with Gasteiger partial charge < -0.3 is 10.5 Å². The Hall–Kier alpha value is -2.52. The minimum absolute atomic E-state index is 0.00601. The van der Waals surface area contributed by atoms with Gasteiger partial charge in [0, 0.05) is 21.3 Å². The number of aromatic nitrogens is 1. The fraction of sp³-hybridized carbons (Fsp3) is 0.240. The van der Waals surface area contributed by atoms with Crippen LogP contribution in [-0.2, 0) is 21.8 Å². The van der Waals surface area contributed by atoms with Gasteiger partial charge in [-0.2, -0.15) is 0 Å². The first kappa shape index (κ1) is 24.2. The molecule has 0 spiro atoms. The molecule has 1 aliphatic heterocycles. The largest absolute Gasteiger partial charge is 0.369 e. The second-order valence-corrected chi connectivity index (χ2v) is 10.5. The molecule has 6 nitrogen and oxygen atoms in total. The molecule has 1 aliphatic carbocycles. The number of benzene rings is 2. The number of nitrogens with zero attached hydrogens (tertiary/aromatic N) is 2. The minimum atomic E-state index is -1.69. The van der Waals surface area contributed by atoms with E-state index in [4.69, 9.17) is 33.7 Å². The summed E-state index contributed by atoms with van der Waals surface area (Å²) in [4.78, 5) is 31.7. The van der Waals surface area contributed by atoms with Crippen molar-refractivity contribution in [3.05, 3.63) is 97.4 Å². The smallest absolute Gasteiger partial charge is 0.257 e. The summed E-state index contributed by atoms with van der Waals surface area (Å²) < 4.78 is 22.6. The van der Waals surface area contributed by atoms with Crippen LogP contribution in [0.4, 0.5) is 4.39 Å². The summed E-state index contributed by atoms with van der Waals surface area (Å²) >= 11 is 15.4. The van der Waals surface area contributed by atoms with Crippen LogP contribution in [0, 0.1) is 11.2 Å². The first-order chi connectivity index (χ1) is 16.7. The molecule has 0 radical (unpaired) electrons. The van der Waals surface area contributed by atoms with E-state index in [2.05, 4.69) is 20.9 Å². The Balaban J connectivity index is 1.72. The third kappa shape index (κ3) is 4.12. The Kier molecular flexibility index (Phi) is 6.12. The topological polar surface area (TPSA) is 85.5 Å². The lowest BCUT2D eigenvalue weighted by Crippen LogP contribution is -2.48. The fourth-order valence-electron chi connectivity index (χ4n) is 4.42. The van der Waals surface area contributed by atoms with Gasteiger partial charge in [0.25, 0.3) is 5.91 Å². The van der Waals surface area contributed by atoms with Crippen molar-refractivity contribution in [1.29, 1.82) is 0 Å². The Morgan fingerprint density at radius 3 is 2.43 bits per heavy atom. The number of rotatable bonds is 7. The lowest BCUT2D eigenvalue weighted by atomic mass is 9.92. The SMILES string of the molecule is NC(=O)C1(COC2(c3ccc(Cl)cc3)c3c(F)cc(Br)cc3C(=O)N2Cc2ccc(Cl)cn2)CC1. The molecule has 2 amide bonds. The van der Waals surface area contributed by atoms with Crippen molar-refractivity contribution in [2.75, 3.05) is 6.61 Å². The van der Waals surface area contributed by atoms with Gasteiger partial charge >= 0.3 is 0 Å². The standard InChI is InChI=1S/C25H19BrCl2FN3O3/c26-15-9-19-21(20(29)10-15)25(14-1-3-16(27)4-2-14,35-13-24(7-8-24)23(30)34)32(22(19)33)12-18-6-5-17(28)11-31-18/h1-6,9-11H,7-8,12-13H2,(H2,30,34). The van der Waals surface area contributed by atoms with Crippen molar-refractivity contribution in [2.24, 2.45) is 11.1 Å². The highest BCUT2D eigenvalue weighted by Crippen LogP contribution is 2.52. The van der Waals surface area contributed by atoms with Gasteiger partial charge in [-0.05, 0) is 49.2 Å². The highest BCUT2D eigenvalue weighted by atomic mass is 79.9. The quantitative estimate of drug-likeness (QED) is 0.405. The summed E-state index contributed by atoms with van der Waals surface area (Å²) in [7, 11) is 0. The number of carbonyl (C=O) groups excluding carboxylic acids is 2. The van der Waals surface area contributed by atoms with Crippen LogP contribution in [0.5, 0.6) is 0 Å². The highest BCUT2D eigenvalue weighted by molar-refractivity contribution is 9.10. The van der Waals surface area contributed by atoms with E-state index in [1.165, 1.54) is 17.2 Å². The summed E-state index contributed by atoms with van der Waals surface area (Å²) in [6.07, 6.45) is 2.58. The van der Waals surface area contributed by atoms with E-state index in [0.717, 1.165) is 0 Å². The van der Waals surface area contributed by atoms with Crippen LogP contribution >= 0.6 is 39.1 Å². The summed E-state index contributed by atoms with van der Waals surface area (Å²) in [6.45, 7) is -0.0916. The molecule has 2 N–H and O–H groups in total. The van der Waals surface area contributed by atoms with Gasteiger partial charge in [-0.1, -0.05) is 51.3 Å². The fourth-order valence-corrected chi connectivity index (χ4v) is 5.09. The van der Waals surface area contributed by atoms with Crippen molar-refractivity contribution in [3.8, 4) is 0 Å². The molecular formula is C25H19BrCl2FN3O3. The van der Waals surface area contributed by atoms with Crippen LogP contribution in [0.25, 0.3) is 0 Å². The maximum absolute atomic E-state index is 15.7. The van der Waals surface area contributed by atoms with E-state index in [1.54, 1.807) is 42.5 Å². The maximum atomic E-state index is 15.7. The first-order valence-corrected chi connectivity index (χ1v) is 12.3. The molecule has 1 unspecified atom stereocenters. The van der Waals surface area contributed by atoms with Gasteiger partial charge in [0.05, 0.1) is 40.4 Å². The number of pyridine rings is 1. The van der Waals surface area contributed by atoms with Crippen LogP contribution in [0.1, 0.15) is 40.0 Å². The molecule has 2 aromatic carbocycles. The van der Waals surface area contributed by atoms with E-state index < -0.39 is 28.8 Å². The number of hydrogen-bond donors (Lipinski definition) is 1. The molecule has 0 bridgehead atoms. The van der Waals surface area contributed by atoms with E-state index >= 15 is 4.39 Å². The number of carbonyl (C=O) groups is 2. The zero-order chi connectivity index (χ0) is 25.0. The number of primary amides is 1. The van der Waals surface area contributed by atoms with Gasteiger partial charge in [0.15, 0.2) is 5.72 Å². The van der Waals surface area contributed by atoms with Crippen LogP contribution in [0.3, 0.4) is 0 Å². The summed E-state index contributed by atoms with van der Waals surface area (Å²) in [6, 6.07) is 12.8. The van der Waals surface area contributed by atoms with Gasteiger partial charge in [-0.25, -0.2) is 4.39 Å². The normalized spacial score (nSPS) is 20.1. The molecule has 0 saturated heterocycles. The Bertz CT molecular complexity index is 1330. The summed E-state index contributed by atoms with van der Waals surface area (Å²) in [5.41, 5.74) is 4.30. The van der Waals surface area contributed by atoms with Gasteiger partial charge in [0.1, 0.15) is 5.82 Å². The summed E-state index contributed by atoms with van der Waals surface area (Å²) in [5, 5.41) is 0.906. The number of nitrogens with two attached hydrogens (primary N) is 1. The van der Waals surface area contributed by atoms with Crippen molar-refractivity contribution in [2.45, 2.75) is 25.1 Å². The second-order valence-electron chi connectivity index (χ2n) is 8.75. The number of halogens is 4. The van der Waals surface area contributed by atoms with Crippen molar-refractivity contribution in [1.82, 2.24) is 9.88 Å². The average Bonchev–Trinajstić information content (AvgIpc) is 3.58. The van der Waals surface area contributed by atoms with E-state index in [-0.39, 0.29) is 24.3 Å². The van der Waals surface area contributed by atoms with Crippen molar-refractivity contribution < 1.29 is 18.7 Å². The van der Waals surface area contributed by atoms with E-state index in [9.17, 15) is 9.59 Å². The number of ether oxygens (including phenoxy) is 1. The summed E-state index contributed by atoms with van der Waals surface area (Å²) in [5.74, 6) is -1.57. The maximum Gasteiger partial charge on any atom is 0.257 e. The third-order valence-corrected chi connectivity index (χ3v) is 7.46. The highest BCUT2D eigenvalue weighted by Gasteiger charge is 2.57. The Labute approximate surface area is 219 Å². The molecule has 3 aromatic rings. The van der Waals surface area contributed by atoms with Crippen LogP contribution in [-0.4, -0.2) is 28.3 Å². The van der Waals surface area contributed by atoms with Gasteiger partial charge in [-0.3, -0.25) is 19.5 Å². The monoisotopic (exact) mass is 577 g/mol. The molecule has 35 heavy (non-hydrogen) atoms. The first-order valence-electron chi connectivity index (χ1n) is 10.8. The predicted molar refractivity (Wildman–Crippen MR) is 132 cm³/mol. The molecule has 2 heterocycles. The number of fused-ring (bicyclic) bond motifs is 1. The van der Waals surface area contributed by atoms with Crippen LogP contribution < -0.4 is 5.73 Å². The predicted octanol–water partition coefficient (Wildman–Crippen LogP) is 5.43. The van der Waals surface area contributed by atoms with Gasteiger partial charge in [-0.15, -0.1) is 0 Å². The molecule has 1 atom stereocenters. The molecule has 1 fully saturated rings. The molecule has 5 rings (SSSR count). The molecule has 180 valence electrons. The third-order valence-electron chi connectivity index (χ3n) is 6.53. The van der Waals surface area contributed by atoms with E-state index in [0.29, 0.717) is 38.6 Å². The number of amides is 2. The molecule has 1 aromatic heterocycles. The van der Waals surface area contributed by atoms with Gasteiger partial charge in [0.2, 0.25) is 5.91 Å². The van der Waals surface area contributed by atoms with Crippen molar-refractivity contribution in [3.63, 3.8) is 0 Å². The second kappa shape index (κ2) is 8.85. The zero-order valence-corrected chi connectivity index (χ0v) is 21.3. The Morgan fingerprint density at radius 2 is 1.83 bits per heavy atom. The lowest BCUT2D eigenvalue weighted by Gasteiger charge is -2.40.